The van der Waals surface area contributed by atoms with Gasteiger partial charge in [0.15, 0.2) is 17.5 Å². The van der Waals surface area contributed by atoms with Crippen molar-refractivity contribution >= 4 is 65.0 Å². The molecule has 5 heteroatoms. The summed E-state index contributed by atoms with van der Waals surface area (Å²) in [6.07, 6.45) is 3.75. The maximum Gasteiger partial charge on any atom is 0.164 e. The van der Waals surface area contributed by atoms with E-state index in [0.717, 1.165) is 82.1 Å². The van der Waals surface area contributed by atoms with Gasteiger partial charge in [0.05, 0.1) is 0 Å². The van der Waals surface area contributed by atoms with Gasteiger partial charge in [-0.05, 0) is 103 Å². The second-order valence-corrected chi connectivity index (χ2v) is 13.5. The van der Waals surface area contributed by atoms with Crippen molar-refractivity contribution in [2.75, 3.05) is 0 Å². The number of nitrogens with zero attached hydrogens (tertiary/aromatic N) is 4. The minimum atomic E-state index is 0.617. The van der Waals surface area contributed by atoms with Crippen LogP contribution in [0, 0.1) is 0 Å². The van der Waals surface area contributed by atoms with Crippen LogP contribution in [0.4, 0.5) is 0 Å². The van der Waals surface area contributed by atoms with Gasteiger partial charge in [0.25, 0.3) is 0 Å². The van der Waals surface area contributed by atoms with E-state index in [1.54, 1.807) is 0 Å². The predicted molar refractivity (Wildman–Crippen MR) is 217 cm³/mol. The number of benzene rings is 8. The van der Waals surface area contributed by atoms with Crippen molar-refractivity contribution in [3.05, 3.63) is 170 Å². The monoisotopic (exact) mass is 676 g/mol. The first kappa shape index (κ1) is 29.5. The second-order valence-electron chi connectivity index (χ2n) is 13.5. The lowest BCUT2D eigenvalue weighted by Gasteiger charge is -2.13. The minimum absolute atomic E-state index is 0.617. The van der Waals surface area contributed by atoms with E-state index < -0.39 is 0 Å². The third kappa shape index (κ3) is 4.94. The average Bonchev–Trinajstić information content (AvgIpc) is 3.61. The van der Waals surface area contributed by atoms with Crippen molar-refractivity contribution in [3.63, 3.8) is 0 Å². The van der Waals surface area contributed by atoms with Gasteiger partial charge >= 0.3 is 0 Å². The van der Waals surface area contributed by atoms with Gasteiger partial charge < -0.3 is 4.42 Å². The molecule has 0 unspecified atom stereocenters. The van der Waals surface area contributed by atoms with Crippen LogP contribution in [0.25, 0.3) is 110 Å². The maximum atomic E-state index is 6.35. The van der Waals surface area contributed by atoms with Crippen molar-refractivity contribution in [2.45, 2.75) is 0 Å². The molecule has 3 heterocycles. The molecule has 0 aliphatic carbocycles. The van der Waals surface area contributed by atoms with Gasteiger partial charge in [-0.2, -0.15) is 0 Å². The highest BCUT2D eigenvalue weighted by Crippen LogP contribution is 2.40. The van der Waals surface area contributed by atoms with Crippen LogP contribution in [-0.4, -0.2) is 19.9 Å². The molecule has 3 aromatic heterocycles. The van der Waals surface area contributed by atoms with E-state index in [1.807, 2.05) is 18.5 Å². The first-order valence-electron chi connectivity index (χ1n) is 17.7. The molecule has 0 bridgehead atoms. The van der Waals surface area contributed by atoms with Crippen LogP contribution in [-0.2, 0) is 0 Å². The minimum Gasteiger partial charge on any atom is -0.456 e. The Balaban J connectivity index is 1.14. The number of hydrogen-bond acceptors (Lipinski definition) is 5. The van der Waals surface area contributed by atoms with Crippen LogP contribution >= 0.6 is 0 Å². The second kappa shape index (κ2) is 11.7. The fraction of sp³-hybridized carbons (Fsp3) is 0. The molecule has 0 radical (unpaired) electrons. The van der Waals surface area contributed by atoms with E-state index in [4.69, 9.17) is 19.4 Å². The van der Waals surface area contributed by atoms with E-state index in [9.17, 15) is 0 Å². The van der Waals surface area contributed by atoms with Gasteiger partial charge in [-0.25, -0.2) is 15.0 Å². The highest BCUT2D eigenvalue weighted by atomic mass is 16.3. The van der Waals surface area contributed by atoms with Gasteiger partial charge in [0.2, 0.25) is 0 Å². The first-order chi connectivity index (χ1) is 26.2. The standard InChI is InChI=1S/C48H28N4O/c1-3-9-31-23-35(15-13-29(31)7-1)46-50-47(36-16-14-30-8-2-4-10-32(30)24-36)52-48(51-46)38-25-33-11-5-6-12-39(33)41(27-38)34-17-19-43-42(26-34)45-40-21-22-49-28-37(40)18-20-44(45)53-43/h1-28H. The third-order valence-electron chi connectivity index (χ3n) is 10.3. The molecule has 0 fully saturated rings. The molecule has 0 aliphatic rings. The SMILES string of the molecule is c1ccc2cc(-c3nc(-c4ccc5ccccc5c4)nc(-c4cc(-c5ccc6oc7ccc8cnccc8c7c6c5)c5ccccc5c4)n3)ccc2c1. The quantitative estimate of drug-likeness (QED) is 0.186. The fourth-order valence-electron chi connectivity index (χ4n) is 7.71. The molecule has 246 valence electrons. The van der Waals surface area contributed by atoms with E-state index in [-0.39, 0.29) is 0 Å². The van der Waals surface area contributed by atoms with Crippen LogP contribution in [0.15, 0.2) is 175 Å². The lowest BCUT2D eigenvalue weighted by atomic mass is 9.94. The van der Waals surface area contributed by atoms with E-state index in [1.165, 1.54) is 10.8 Å². The normalized spacial score (nSPS) is 11.8. The van der Waals surface area contributed by atoms with Gasteiger partial charge in [0.1, 0.15) is 11.2 Å². The fourth-order valence-corrected chi connectivity index (χ4v) is 7.71. The lowest BCUT2D eigenvalue weighted by Crippen LogP contribution is -2.00. The summed E-state index contributed by atoms with van der Waals surface area (Å²) in [5.41, 5.74) is 6.69. The summed E-state index contributed by atoms with van der Waals surface area (Å²) in [6.45, 7) is 0. The molecule has 0 atom stereocenters. The molecular formula is C48H28N4O. The Kier molecular flexibility index (Phi) is 6.48. The lowest BCUT2D eigenvalue weighted by molar-refractivity contribution is 0.669. The van der Waals surface area contributed by atoms with Crippen molar-refractivity contribution in [1.29, 1.82) is 0 Å². The van der Waals surface area contributed by atoms with Crippen LogP contribution in [0.2, 0.25) is 0 Å². The Morgan fingerprint density at radius 1 is 0.358 bits per heavy atom. The molecule has 11 rings (SSSR count). The van der Waals surface area contributed by atoms with Crippen LogP contribution in [0.3, 0.4) is 0 Å². The summed E-state index contributed by atoms with van der Waals surface area (Å²) in [4.78, 5) is 19.8. The van der Waals surface area contributed by atoms with Crippen LogP contribution in [0.5, 0.6) is 0 Å². The zero-order chi connectivity index (χ0) is 34.9. The Bertz CT molecular complexity index is 3160. The molecule has 8 aromatic carbocycles. The number of aromatic nitrogens is 4. The average molecular weight is 677 g/mol. The summed E-state index contributed by atoms with van der Waals surface area (Å²) in [5, 5.41) is 11.2. The molecule has 0 saturated carbocycles. The number of hydrogen-bond donors (Lipinski definition) is 0. The Morgan fingerprint density at radius 3 is 1.64 bits per heavy atom. The highest BCUT2D eigenvalue weighted by molar-refractivity contribution is 6.19. The molecule has 0 N–H and O–H groups in total. The van der Waals surface area contributed by atoms with Crippen molar-refractivity contribution < 1.29 is 4.42 Å². The summed E-state index contributed by atoms with van der Waals surface area (Å²) in [7, 11) is 0. The number of fused-ring (bicyclic) bond motifs is 8. The highest BCUT2D eigenvalue weighted by Gasteiger charge is 2.17. The van der Waals surface area contributed by atoms with Gasteiger partial charge in [-0.3, -0.25) is 4.98 Å². The number of pyridine rings is 1. The van der Waals surface area contributed by atoms with Crippen LogP contribution < -0.4 is 0 Å². The zero-order valence-electron chi connectivity index (χ0n) is 28.4. The predicted octanol–water partition coefficient (Wildman–Crippen LogP) is 12.4. The molecule has 11 aromatic rings. The van der Waals surface area contributed by atoms with Crippen molar-refractivity contribution in [3.8, 4) is 45.3 Å². The number of furan rings is 1. The van der Waals surface area contributed by atoms with Gasteiger partial charge in [-0.15, -0.1) is 0 Å². The molecule has 0 amide bonds. The molecule has 0 saturated heterocycles. The molecule has 0 aliphatic heterocycles. The number of rotatable bonds is 4. The smallest absolute Gasteiger partial charge is 0.164 e. The van der Waals surface area contributed by atoms with E-state index >= 15 is 0 Å². The zero-order valence-corrected chi connectivity index (χ0v) is 28.4. The van der Waals surface area contributed by atoms with E-state index in [0.29, 0.717) is 17.5 Å². The topological polar surface area (TPSA) is 64.7 Å². The Morgan fingerprint density at radius 2 is 0.925 bits per heavy atom. The molecule has 0 spiro atoms. The molecule has 5 nitrogen and oxygen atoms in total. The van der Waals surface area contributed by atoms with Gasteiger partial charge in [0, 0.05) is 45.2 Å². The maximum absolute atomic E-state index is 6.35. The first-order valence-corrected chi connectivity index (χ1v) is 17.7. The van der Waals surface area contributed by atoms with Crippen molar-refractivity contribution in [1.82, 2.24) is 19.9 Å². The van der Waals surface area contributed by atoms with E-state index in [2.05, 4.69) is 157 Å². The summed E-state index contributed by atoms with van der Waals surface area (Å²) >= 11 is 0. The van der Waals surface area contributed by atoms with Crippen molar-refractivity contribution in [2.24, 2.45) is 0 Å². The summed E-state index contributed by atoms with van der Waals surface area (Å²) in [6, 6.07) is 55.1. The molecule has 53 heavy (non-hydrogen) atoms. The molecular weight excluding hydrogens is 649 g/mol. The largest absolute Gasteiger partial charge is 0.456 e. The van der Waals surface area contributed by atoms with Gasteiger partial charge in [-0.1, -0.05) is 103 Å². The van der Waals surface area contributed by atoms with Crippen LogP contribution in [0.1, 0.15) is 0 Å². The Labute approximate surface area is 303 Å². The summed E-state index contributed by atoms with van der Waals surface area (Å²) in [5.74, 6) is 1.88. The third-order valence-corrected chi connectivity index (χ3v) is 10.3. The Hall–Kier alpha value is -7.24. The summed E-state index contributed by atoms with van der Waals surface area (Å²) < 4.78 is 6.35.